The zero-order chi connectivity index (χ0) is 21.2. The summed E-state index contributed by atoms with van der Waals surface area (Å²) in [4.78, 5) is 27.0. The molecule has 28 heavy (non-hydrogen) atoms. The Morgan fingerprint density at radius 1 is 1.14 bits per heavy atom. The molecule has 0 saturated heterocycles. The summed E-state index contributed by atoms with van der Waals surface area (Å²) in [6.45, 7) is 4.97. The number of hydrogen-bond acceptors (Lipinski definition) is 6. The summed E-state index contributed by atoms with van der Waals surface area (Å²) in [6.07, 6.45) is 2.49. The van der Waals surface area contributed by atoms with Gasteiger partial charge in [0.15, 0.2) is 0 Å². The first kappa shape index (κ1) is 24.0. The lowest BCUT2D eigenvalue weighted by molar-refractivity contribution is -0.137. The minimum Gasteiger partial charge on any atom is -0.481 e. The number of carboxylic acids is 1. The van der Waals surface area contributed by atoms with Crippen LogP contribution < -0.4 is 10.6 Å². The lowest BCUT2D eigenvalue weighted by Gasteiger charge is -2.12. The minimum absolute atomic E-state index is 0.175. The van der Waals surface area contributed by atoms with Crippen molar-refractivity contribution in [1.29, 1.82) is 0 Å². The molecule has 0 unspecified atom stereocenters. The molecule has 1 heterocycles. The van der Waals surface area contributed by atoms with Crippen molar-refractivity contribution in [1.82, 2.24) is 15.6 Å². The summed E-state index contributed by atoms with van der Waals surface area (Å²) in [7, 11) is -4.14. The van der Waals surface area contributed by atoms with E-state index in [-0.39, 0.29) is 24.6 Å². The second-order valence-corrected chi connectivity index (χ2v) is 8.43. The molecule has 9 nitrogen and oxygen atoms in total. The van der Waals surface area contributed by atoms with E-state index < -0.39 is 27.7 Å². The number of nitrogens with one attached hydrogen (secondary N) is 2. The maximum absolute atomic E-state index is 12.2. The number of amides is 1. The largest absolute Gasteiger partial charge is 0.481 e. The molecule has 4 N–H and O–H groups in total. The Morgan fingerprint density at radius 2 is 1.86 bits per heavy atom. The van der Waals surface area contributed by atoms with Crippen molar-refractivity contribution in [3.8, 4) is 0 Å². The lowest BCUT2D eigenvalue weighted by atomic mass is 10.0. The number of nitrogens with zero attached hydrogens (tertiary/aromatic N) is 1. The molecular formula is C18H29N3O6S. The molecule has 0 aliphatic rings. The van der Waals surface area contributed by atoms with Crippen LogP contribution in [-0.4, -0.2) is 53.8 Å². The SMILES string of the molecule is CC(C)c1cc(CNCCCCCC(=O)O)nc(C(=O)NCCS(=O)(=O)O)c1. The van der Waals surface area contributed by atoms with E-state index >= 15 is 0 Å². The Hall–Kier alpha value is -2.04. The molecule has 0 bridgehead atoms. The highest BCUT2D eigenvalue weighted by molar-refractivity contribution is 7.85. The van der Waals surface area contributed by atoms with Crippen LogP contribution in [0, 0.1) is 0 Å². The van der Waals surface area contributed by atoms with Gasteiger partial charge in [-0.05, 0) is 43.0 Å². The molecule has 0 spiro atoms. The molecule has 0 aliphatic heterocycles. The van der Waals surface area contributed by atoms with Gasteiger partial charge in [-0.25, -0.2) is 4.98 Å². The standard InChI is InChI=1S/C18H29N3O6S/c1-13(2)14-10-15(12-19-7-5-3-4-6-17(22)23)21-16(11-14)18(24)20-8-9-28(25,26)27/h10-11,13,19H,3-9,12H2,1-2H3,(H,20,24)(H,22,23)(H,25,26,27). The first-order valence-corrected chi connectivity index (χ1v) is 10.9. The maximum atomic E-state index is 12.2. The number of aromatic nitrogens is 1. The molecule has 0 aliphatic carbocycles. The van der Waals surface area contributed by atoms with Crippen LogP contribution in [0.5, 0.6) is 0 Å². The number of carbonyl (C=O) groups excluding carboxylic acids is 1. The van der Waals surface area contributed by atoms with Crippen LogP contribution >= 0.6 is 0 Å². The van der Waals surface area contributed by atoms with Gasteiger partial charge in [-0.15, -0.1) is 0 Å². The van der Waals surface area contributed by atoms with E-state index in [2.05, 4.69) is 15.6 Å². The van der Waals surface area contributed by atoms with Crippen molar-refractivity contribution in [2.75, 3.05) is 18.8 Å². The Morgan fingerprint density at radius 3 is 2.46 bits per heavy atom. The van der Waals surface area contributed by atoms with Gasteiger partial charge in [-0.1, -0.05) is 20.3 Å². The van der Waals surface area contributed by atoms with Gasteiger partial charge in [0.1, 0.15) is 5.69 Å². The molecule has 1 rings (SSSR count). The van der Waals surface area contributed by atoms with Crippen molar-refractivity contribution >= 4 is 22.0 Å². The molecule has 1 aromatic heterocycles. The third-order valence-corrected chi connectivity index (χ3v) is 4.72. The van der Waals surface area contributed by atoms with Gasteiger partial charge in [-0.2, -0.15) is 8.42 Å². The van der Waals surface area contributed by atoms with E-state index in [1.807, 2.05) is 19.9 Å². The van der Waals surface area contributed by atoms with E-state index in [4.69, 9.17) is 9.66 Å². The number of pyridine rings is 1. The number of aliphatic carboxylic acids is 1. The van der Waals surface area contributed by atoms with Gasteiger partial charge < -0.3 is 15.7 Å². The fraction of sp³-hybridized carbons (Fsp3) is 0.611. The zero-order valence-electron chi connectivity index (χ0n) is 16.3. The minimum atomic E-state index is -4.14. The monoisotopic (exact) mass is 415 g/mol. The highest BCUT2D eigenvalue weighted by Crippen LogP contribution is 2.16. The molecule has 0 atom stereocenters. The van der Waals surface area contributed by atoms with Crippen LogP contribution in [-0.2, 0) is 21.5 Å². The second kappa shape index (κ2) is 11.7. The van der Waals surface area contributed by atoms with Gasteiger partial charge in [0.25, 0.3) is 16.0 Å². The number of carbonyl (C=O) groups is 2. The van der Waals surface area contributed by atoms with Crippen molar-refractivity contribution in [3.63, 3.8) is 0 Å². The lowest BCUT2D eigenvalue weighted by Crippen LogP contribution is -2.30. The van der Waals surface area contributed by atoms with Crippen LogP contribution in [0.1, 0.15) is 67.2 Å². The van der Waals surface area contributed by atoms with Gasteiger partial charge in [-0.3, -0.25) is 14.1 Å². The highest BCUT2D eigenvalue weighted by atomic mass is 32.2. The highest BCUT2D eigenvalue weighted by Gasteiger charge is 2.13. The Balaban J connectivity index is 2.61. The Kier molecular flexibility index (Phi) is 10.0. The fourth-order valence-corrected chi connectivity index (χ4v) is 2.81. The molecule has 0 fully saturated rings. The van der Waals surface area contributed by atoms with Crippen molar-refractivity contribution < 1.29 is 27.7 Å². The smallest absolute Gasteiger partial charge is 0.303 e. The van der Waals surface area contributed by atoms with Crippen molar-refractivity contribution in [3.05, 3.63) is 29.1 Å². The normalized spacial score (nSPS) is 11.6. The maximum Gasteiger partial charge on any atom is 0.303 e. The first-order valence-electron chi connectivity index (χ1n) is 9.25. The number of carboxylic acid groups (broad SMARTS) is 1. The van der Waals surface area contributed by atoms with Crippen LogP contribution in [0.4, 0.5) is 0 Å². The van der Waals surface area contributed by atoms with E-state index in [0.29, 0.717) is 25.2 Å². The number of unbranched alkanes of at least 4 members (excludes halogenated alkanes) is 2. The summed E-state index contributed by atoms with van der Waals surface area (Å²) in [5, 5.41) is 14.3. The summed E-state index contributed by atoms with van der Waals surface area (Å²) in [5.41, 5.74) is 1.82. The van der Waals surface area contributed by atoms with Crippen molar-refractivity contribution in [2.45, 2.75) is 52.0 Å². The van der Waals surface area contributed by atoms with Gasteiger partial charge in [0.05, 0.1) is 11.4 Å². The van der Waals surface area contributed by atoms with E-state index in [1.54, 1.807) is 6.07 Å². The van der Waals surface area contributed by atoms with Crippen molar-refractivity contribution in [2.24, 2.45) is 0 Å². The van der Waals surface area contributed by atoms with Crippen LogP contribution in [0.2, 0.25) is 0 Å². The molecular weight excluding hydrogens is 386 g/mol. The predicted octanol–water partition coefficient (Wildman–Crippen LogP) is 1.56. The van der Waals surface area contributed by atoms with Crippen LogP contribution in [0.25, 0.3) is 0 Å². The van der Waals surface area contributed by atoms with Crippen LogP contribution in [0.3, 0.4) is 0 Å². The molecule has 0 saturated carbocycles. The zero-order valence-corrected chi connectivity index (χ0v) is 17.1. The molecule has 1 aromatic rings. The molecule has 1 amide bonds. The number of hydrogen-bond donors (Lipinski definition) is 4. The van der Waals surface area contributed by atoms with Gasteiger partial charge >= 0.3 is 5.97 Å². The number of rotatable bonds is 13. The average Bonchev–Trinajstić information content (AvgIpc) is 2.59. The van der Waals surface area contributed by atoms with Crippen LogP contribution in [0.15, 0.2) is 12.1 Å². The van der Waals surface area contributed by atoms with Gasteiger partial charge in [0.2, 0.25) is 0 Å². The summed E-state index contributed by atoms with van der Waals surface area (Å²) in [5.74, 6) is -1.66. The summed E-state index contributed by atoms with van der Waals surface area (Å²) >= 11 is 0. The topological polar surface area (TPSA) is 146 Å². The average molecular weight is 416 g/mol. The molecule has 158 valence electrons. The second-order valence-electron chi connectivity index (χ2n) is 6.85. The third-order valence-electron chi connectivity index (χ3n) is 4.00. The Labute approximate surface area is 165 Å². The van der Waals surface area contributed by atoms with Gasteiger partial charge in [0, 0.05) is 19.5 Å². The van der Waals surface area contributed by atoms with E-state index in [0.717, 1.165) is 18.4 Å². The van der Waals surface area contributed by atoms with E-state index in [1.165, 1.54) is 0 Å². The molecule has 0 aromatic carbocycles. The summed E-state index contributed by atoms with van der Waals surface area (Å²) in [6, 6.07) is 3.58. The fourth-order valence-electron chi connectivity index (χ4n) is 2.45. The van der Waals surface area contributed by atoms with E-state index in [9.17, 15) is 18.0 Å². The third kappa shape index (κ3) is 10.3. The molecule has 0 radical (unpaired) electrons. The first-order chi connectivity index (χ1) is 13.1. The molecule has 10 heteroatoms. The Bertz CT molecular complexity index is 765. The summed E-state index contributed by atoms with van der Waals surface area (Å²) < 4.78 is 30.2. The predicted molar refractivity (Wildman–Crippen MR) is 105 cm³/mol. The quantitative estimate of drug-likeness (QED) is 0.280.